The number of para-hydroxylation sites is 1. The zero-order valence-electron chi connectivity index (χ0n) is 13.7. The second-order valence-corrected chi connectivity index (χ2v) is 6.12. The van der Waals surface area contributed by atoms with Gasteiger partial charge in [0, 0.05) is 23.6 Å². The van der Waals surface area contributed by atoms with Crippen LogP contribution in [0.2, 0.25) is 0 Å². The molecule has 23 heavy (non-hydrogen) atoms. The molecule has 1 heterocycles. The number of nitrogen functional groups attached to an aromatic ring is 1. The fraction of sp³-hybridized carbons (Fsp3) is 0.316. The van der Waals surface area contributed by atoms with Gasteiger partial charge < -0.3 is 16.0 Å². The second-order valence-electron chi connectivity index (χ2n) is 6.12. The predicted octanol–water partition coefficient (Wildman–Crippen LogP) is 3.36. The van der Waals surface area contributed by atoms with E-state index in [9.17, 15) is 4.79 Å². The number of benzene rings is 2. The molecule has 1 aliphatic heterocycles. The van der Waals surface area contributed by atoms with Crippen molar-refractivity contribution in [3.05, 3.63) is 53.6 Å². The topological polar surface area (TPSA) is 58.4 Å². The molecular weight excluding hydrogens is 286 g/mol. The van der Waals surface area contributed by atoms with Crippen molar-refractivity contribution in [3.63, 3.8) is 0 Å². The van der Waals surface area contributed by atoms with Gasteiger partial charge in [-0.25, -0.2) is 0 Å². The molecule has 0 fully saturated rings. The average Bonchev–Trinajstić information content (AvgIpc) is 2.56. The highest BCUT2D eigenvalue weighted by Gasteiger charge is 2.27. The monoisotopic (exact) mass is 309 g/mol. The predicted molar refractivity (Wildman–Crippen MR) is 95.8 cm³/mol. The van der Waals surface area contributed by atoms with E-state index < -0.39 is 0 Å². The molecule has 0 saturated carbocycles. The van der Waals surface area contributed by atoms with Crippen LogP contribution in [-0.4, -0.2) is 18.5 Å². The van der Waals surface area contributed by atoms with Crippen LogP contribution in [-0.2, 0) is 11.2 Å². The number of rotatable bonds is 3. The van der Waals surface area contributed by atoms with Crippen LogP contribution in [0.15, 0.2) is 42.5 Å². The minimum atomic E-state index is -0.240. The van der Waals surface area contributed by atoms with E-state index in [1.165, 1.54) is 0 Å². The summed E-state index contributed by atoms with van der Waals surface area (Å²) in [5, 5.41) is 3.04. The highest BCUT2D eigenvalue weighted by molar-refractivity contribution is 5.97. The van der Waals surface area contributed by atoms with E-state index in [1.807, 2.05) is 50.2 Å². The molecule has 1 atom stereocenters. The molecule has 1 unspecified atom stereocenters. The first-order chi connectivity index (χ1) is 11.1. The molecule has 120 valence electrons. The molecule has 0 radical (unpaired) electrons. The molecule has 1 aliphatic rings. The van der Waals surface area contributed by atoms with Gasteiger partial charge in [0.15, 0.2) is 0 Å². The number of hydrogen-bond acceptors (Lipinski definition) is 3. The minimum absolute atomic E-state index is 0.00887. The van der Waals surface area contributed by atoms with Crippen molar-refractivity contribution in [2.75, 3.05) is 22.5 Å². The van der Waals surface area contributed by atoms with Crippen LogP contribution in [0.3, 0.4) is 0 Å². The fourth-order valence-electron chi connectivity index (χ4n) is 3.17. The molecule has 4 heteroatoms. The standard InChI is InChI=1S/C19H23N3O/c1-13-7-3-4-10-17(13)21-19(23)14(2)22-12-6-8-15-16(20)9-5-11-18(15)22/h3-5,7,9-11,14H,6,8,12,20H2,1-2H3,(H,21,23). The van der Waals surface area contributed by atoms with E-state index in [0.717, 1.165) is 47.6 Å². The lowest BCUT2D eigenvalue weighted by molar-refractivity contribution is -0.117. The maximum Gasteiger partial charge on any atom is 0.246 e. The maximum atomic E-state index is 12.7. The number of aryl methyl sites for hydroxylation is 1. The molecule has 4 nitrogen and oxygen atoms in total. The van der Waals surface area contributed by atoms with Crippen LogP contribution in [0.25, 0.3) is 0 Å². The molecule has 0 saturated heterocycles. The van der Waals surface area contributed by atoms with Gasteiger partial charge in [-0.05, 0) is 56.0 Å². The summed E-state index contributed by atoms with van der Waals surface area (Å²) >= 11 is 0. The lowest BCUT2D eigenvalue weighted by Crippen LogP contribution is -2.44. The van der Waals surface area contributed by atoms with Crippen LogP contribution < -0.4 is 16.0 Å². The van der Waals surface area contributed by atoms with Gasteiger partial charge in [-0.2, -0.15) is 0 Å². The maximum absolute atomic E-state index is 12.7. The summed E-state index contributed by atoms with van der Waals surface area (Å²) < 4.78 is 0. The highest BCUT2D eigenvalue weighted by atomic mass is 16.2. The lowest BCUT2D eigenvalue weighted by atomic mass is 9.98. The first kappa shape index (κ1) is 15.4. The number of nitrogens with zero attached hydrogens (tertiary/aromatic N) is 1. The van der Waals surface area contributed by atoms with Gasteiger partial charge in [0.2, 0.25) is 5.91 Å². The first-order valence-electron chi connectivity index (χ1n) is 8.08. The van der Waals surface area contributed by atoms with Crippen molar-refractivity contribution in [2.45, 2.75) is 32.7 Å². The van der Waals surface area contributed by atoms with E-state index in [4.69, 9.17) is 5.73 Å². The number of anilines is 3. The third kappa shape index (κ3) is 3.02. The molecule has 0 aliphatic carbocycles. The van der Waals surface area contributed by atoms with Crippen molar-refractivity contribution in [2.24, 2.45) is 0 Å². The van der Waals surface area contributed by atoms with Crippen LogP contribution in [0.5, 0.6) is 0 Å². The SMILES string of the molecule is Cc1ccccc1NC(=O)C(C)N1CCCc2c(N)cccc21. The molecule has 3 N–H and O–H groups in total. The van der Waals surface area contributed by atoms with E-state index in [2.05, 4.69) is 16.3 Å². The Labute approximate surface area is 137 Å². The van der Waals surface area contributed by atoms with Gasteiger partial charge in [-0.1, -0.05) is 24.3 Å². The number of carbonyl (C=O) groups is 1. The van der Waals surface area contributed by atoms with Gasteiger partial charge in [-0.15, -0.1) is 0 Å². The van der Waals surface area contributed by atoms with Crippen molar-refractivity contribution in [3.8, 4) is 0 Å². The van der Waals surface area contributed by atoms with E-state index in [1.54, 1.807) is 0 Å². The molecule has 1 amide bonds. The van der Waals surface area contributed by atoms with Gasteiger partial charge in [0.1, 0.15) is 6.04 Å². The zero-order valence-corrected chi connectivity index (χ0v) is 13.7. The number of amides is 1. The zero-order chi connectivity index (χ0) is 16.4. The molecule has 2 aromatic carbocycles. The van der Waals surface area contributed by atoms with E-state index in [0.29, 0.717) is 0 Å². The molecule has 0 bridgehead atoms. The average molecular weight is 309 g/mol. The van der Waals surface area contributed by atoms with E-state index in [-0.39, 0.29) is 11.9 Å². The normalized spacial score (nSPS) is 15.0. The van der Waals surface area contributed by atoms with E-state index >= 15 is 0 Å². The largest absolute Gasteiger partial charge is 0.398 e. The highest BCUT2D eigenvalue weighted by Crippen LogP contribution is 2.32. The Kier molecular flexibility index (Phi) is 4.24. The van der Waals surface area contributed by atoms with Crippen molar-refractivity contribution in [1.82, 2.24) is 0 Å². The van der Waals surface area contributed by atoms with Crippen molar-refractivity contribution >= 4 is 23.0 Å². The first-order valence-corrected chi connectivity index (χ1v) is 8.08. The number of carbonyl (C=O) groups excluding carboxylic acids is 1. The molecule has 0 aromatic heterocycles. The molecule has 2 aromatic rings. The Morgan fingerprint density at radius 2 is 2.00 bits per heavy atom. The summed E-state index contributed by atoms with van der Waals surface area (Å²) in [6.45, 7) is 4.82. The van der Waals surface area contributed by atoms with Crippen LogP contribution in [0.4, 0.5) is 17.1 Å². The lowest BCUT2D eigenvalue weighted by Gasteiger charge is -2.36. The van der Waals surface area contributed by atoms with Crippen molar-refractivity contribution in [1.29, 1.82) is 0 Å². The Bertz CT molecular complexity index is 726. The summed E-state index contributed by atoms with van der Waals surface area (Å²) in [7, 11) is 0. The van der Waals surface area contributed by atoms with Gasteiger partial charge in [0.05, 0.1) is 0 Å². The quantitative estimate of drug-likeness (QED) is 0.855. The Morgan fingerprint density at radius 1 is 1.22 bits per heavy atom. The second kappa shape index (κ2) is 6.32. The summed E-state index contributed by atoms with van der Waals surface area (Å²) in [4.78, 5) is 14.8. The minimum Gasteiger partial charge on any atom is -0.398 e. The van der Waals surface area contributed by atoms with Crippen LogP contribution >= 0.6 is 0 Å². The van der Waals surface area contributed by atoms with Gasteiger partial charge in [-0.3, -0.25) is 4.79 Å². The van der Waals surface area contributed by atoms with Gasteiger partial charge in [0.25, 0.3) is 0 Å². The summed E-state index contributed by atoms with van der Waals surface area (Å²) in [6, 6.07) is 13.5. The molecule has 0 spiro atoms. The molecular formula is C19H23N3O. The Balaban J connectivity index is 1.82. The summed E-state index contributed by atoms with van der Waals surface area (Å²) in [5.74, 6) is 0.00887. The number of nitrogens with one attached hydrogen (secondary N) is 1. The Morgan fingerprint density at radius 3 is 2.78 bits per heavy atom. The van der Waals surface area contributed by atoms with Gasteiger partial charge >= 0.3 is 0 Å². The smallest absolute Gasteiger partial charge is 0.246 e. The van der Waals surface area contributed by atoms with Crippen LogP contribution in [0, 0.1) is 6.92 Å². The third-order valence-corrected chi connectivity index (χ3v) is 4.57. The number of fused-ring (bicyclic) bond motifs is 1. The molecule has 3 rings (SSSR count). The number of nitrogens with two attached hydrogens (primary N) is 1. The number of hydrogen-bond donors (Lipinski definition) is 2. The summed E-state index contributed by atoms with van der Waals surface area (Å²) in [5.41, 5.74) is 11.1. The Hall–Kier alpha value is -2.49. The van der Waals surface area contributed by atoms with Crippen molar-refractivity contribution < 1.29 is 4.79 Å². The third-order valence-electron chi connectivity index (χ3n) is 4.57. The van der Waals surface area contributed by atoms with Crippen LogP contribution in [0.1, 0.15) is 24.5 Å². The fourth-order valence-corrected chi connectivity index (χ4v) is 3.17. The summed E-state index contributed by atoms with van der Waals surface area (Å²) in [6.07, 6.45) is 1.99.